The molecule has 0 aliphatic carbocycles. The van der Waals surface area contributed by atoms with Crippen LogP contribution in [0.5, 0.6) is 0 Å². The fourth-order valence-electron chi connectivity index (χ4n) is 3.51. The summed E-state index contributed by atoms with van der Waals surface area (Å²) in [6.45, 7) is 14.3. The van der Waals surface area contributed by atoms with Gasteiger partial charge in [0.05, 0.1) is 12.2 Å². The first kappa shape index (κ1) is 18.8. The standard InChI is InChI=1S/C20H32ClNO/c1-15(11-22-12-16(2)23-17(3)13-22)10-18-6-8-19(9-7-18)20(4,5)14-21/h6-9,15-17H,10-14H2,1-5H3/t15?,16-,17+. The SMILES string of the molecule is CC(Cc1ccc(C(C)(C)CCl)cc1)CN1C[C@@H](C)O[C@@H](C)C1. The van der Waals surface area contributed by atoms with Crippen molar-refractivity contribution in [2.24, 2.45) is 5.92 Å². The number of hydrogen-bond acceptors (Lipinski definition) is 2. The maximum atomic E-state index is 6.07. The Morgan fingerprint density at radius 3 is 2.26 bits per heavy atom. The van der Waals surface area contributed by atoms with Gasteiger partial charge in [-0.3, -0.25) is 4.90 Å². The van der Waals surface area contributed by atoms with E-state index in [0.717, 1.165) is 26.1 Å². The third-order valence-corrected chi connectivity index (χ3v) is 5.39. The van der Waals surface area contributed by atoms with Gasteiger partial charge in [0.2, 0.25) is 0 Å². The number of morpholine rings is 1. The highest BCUT2D eigenvalue weighted by Crippen LogP contribution is 2.25. The Morgan fingerprint density at radius 2 is 1.74 bits per heavy atom. The minimum atomic E-state index is 0.0474. The molecule has 3 heteroatoms. The van der Waals surface area contributed by atoms with Crippen LogP contribution in [0.2, 0.25) is 0 Å². The van der Waals surface area contributed by atoms with Gasteiger partial charge < -0.3 is 4.74 Å². The Morgan fingerprint density at radius 1 is 1.17 bits per heavy atom. The number of benzene rings is 1. The van der Waals surface area contributed by atoms with Crippen LogP contribution < -0.4 is 0 Å². The van der Waals surface area contributed by atoms with Gasteiger partial charge in [0.25, 0.3) is 0 Å². The largest absolute Gasteiger partial charge is 0.373 e. The van der Waals surface area contributed by atoms with Gasteiger partial charge in [0.1, 0.15) is 0 Å². The first-order chi connectivity index (χ1) is 10.8. The van der Waals surface area contributed by atoms with Crippen molar-refractivity contribution in [1.82, 2.24) is 4.90 Å². The maximum Gasteiger partial charge on any atom is 0.0678 e. The molecule has 1 fully saturated rings. The zero-order valence-corrected chi connectivity index (χ0v) is 16.1. The van der Waals surface area contributed by atoms with Gasteiger partial charge in [-0.25, -0.2) is 0 Å². The van der Waals surface area contributed by atoms with Crippen molar-refractivity contribution < 1.29 is 4.74 Å². The topological polar surface area (TPSA) is 12.5 Å². The molecule has 0 bridgehead atoms. The molecule has 2 rings (SSSR count). The van der Waals surface area contributed by atoms with Crippen molar-refractivity contribution in [2.75, 3.05) is 25.5 Å². The summed E-state index contributed by atoms with van der Waals surface area (Å²) in [5.74, 6) is 1.30. The summed E-state index contributed by atoms with van der Waals surface area (Å²) >= 11 is 6.07. The second-order valence-electron chi connectivity index (χ2n) is 8.00. The van der Waals surface area contributed by atoms with Crippen molar-refractivity contribution in [2.45, 2.75) is 58.7 Å². The quantitative estimate of drug-likeness (QED) is 0.709. The van der Waals surface area contributed by atoms with Crippen LogP contribution in [-0.4, -0.2) is 42.6 Å². The summed E-state index contributed by atoms with van der Waals surface area (Å²) in [6, 6.07) is 9.02. The second-order valence-corrected chi connectivity index (χ2v) is 8.27. The Balaban J connectivity index is 1.89. The van der Waals surface area contributed by atoms with Crippen molar-refractivity contribution in [3.05, 3.63) is 35.4 Å². The summed E-state index contributed by atoms with van der Waals surface area (Å²) in [5.41, 5.74) is 2.78. The van der Waals surface area contributed by atoms with E-state index in [-0.39, 0.29) is 5.41 Å². The molecule has 0 spiro atoms. The zero-order chi connectivity index (χ0) is 17.0. The first-order valence-electron chi connectivity index (χ1n) is 8.83. The minimum Gasteiger partial charge on any atom is -0.373 e. The van der Waals surface area contributed by atoms with Gasteiger partial charge >= 0.3 is 0 Å². The van der Waals surface area contributed by atoms with Gasteiger partial charge in [0, 0.05) is 30.9 Å². The summed E-state index contributed by atoms with van der Waals surface area (Å²) in [6.07, 6.45) is 1.83. The number of alkyl halides is 1. The zero-order valence-electron chi connectivity index (χ0n) is 15.3. The number of nitrogens with zero attached hydrogens (tertiary/aromatic N) is 1. The van der Waals surface area contributed by atoms with Gasteiger partial charge in [-0.1, -0.05) is 45.0 Å². The average Bonchev–Trinajstić information content (AvgIpc) is 2.46. The van der Waals surface area contributed by atoms with E-state index in [9.17, 15) is 0 Å². The molecule has 1 aromatic carbocycles. The second kappa shape index (κ2) is 8.00. The molecule has 1 aliphatic rings. The van der Waals surface area contributed by atoms with E-state index in [1.54, 1.807) is 0 Å². The predicted molar refractivity (Wildman–Crippen MR) is 99.5 cm³/mol. The molecule has 2 nitrogen and oxygen atoms in total. The lowest BCUT2D eigenvalue weighted by Crippen LogP contribution is -2.47. The number of rotatable bonds is 6. The minimum absolute atomic E-state index is 0.0474. The van der Waals surface area contributed by atoms with E-state index in [2.05, 4.69) is 63.8 Å². The molecule has 130 valence electrons. The summed E-state index contributed by atoms with van der Waals surface area (Å²) in [5, 5.41) is 0. The lowest BCUT2D eigenvalue weighted by Gasteiger charge is -2.36. The molecule has 0 radical (unpaired) electrons. The highest BCUT2D eigenvalue weighted by atomic mass is 35.5. The lowest BCUT2D eigenvalue weighted by molar-refractivity contribution is -0.0708. The number of ether oxygens (including phenoxy) is 1. The van der Waals surface area contributed by atoms with Crippen LogP contribution in [0.25, 0.3) is 0 Å². The Kier molecular flexibility index (Phi) is 6.53. The molecule has 0 amide bonds. The third kappa shape index (κ3) is 5.48. The van der Waals surface area contributed by atoms with Crippen molar-refractivity contribution in [3.8, 4) is 0 Å². The molecule has 1 heterocycles. The van der Waals surface area contributed by atoms with Crippen molar-refractivity contribution >= 4 is 11.6 Å². The lowest BCUT2D eigenvalue weighted by atomic mass is 9.86. The smallest absolute Gasteiger partial charge is 0.0678 e. The summed E-state index contributed by atoms with van der Waals surface area (Å²) in [4.78, 5) is 2.55. The van der Waals surface area contributed by atoms with E-state index in [4.69, 9.17) is 16.3 Å². The van der Waals surface area contributed by atoms with E-state index < -0.39 is 0 Å². The Bertz CT molecular complexity index is 475. The Labute approximate surface area is 147 Å². The third-order valence-electron chi connectivity index (χ3n) is 4.72. The van der Waals surface area contributed by atoms with Gasteiger partial charge in [-0.2, -0.15) is 0 Å². The van der Waals surface area contributed by atoms with Crippen LogP contribution in [0.3, 0.4) is 0 Å². The van der Waals surface area contributed by atoms with Crippen LogP contribution >= 0.6 is 11.6 Å². The molecule has 1 unspecified atom stereocenters. The van der Waals surface area contributed by atoms with E-state index >= 15 is 0 Å². The van der Waals surface area contributed by atoms with Crippen LogP contribution in [-0.2, 0) is 16.6 Å². The number of halogens is 1. The average molecular weight is 338 g/mol. The van der Waals surface area contributed by atoms with E-state index in [1.807, 2.05) is 0 Å². The summed E-state index contributed by atoms with van der Waals surface area (Å²) in [7, 11) is 0. The molecule has 1 saturated heterocycles. The highest BCUT2D eigenvalue weighted by molar-refractivity contribution is 6.18. The van der Waals surface area contributed by atoms with E-state index in [1.165, 1.54) is 11.1 Å². The van der Waals surface area contributed by atoms with Crippen LogP contribution in [0.4, 0.5) is 0 Å². The molecular weight excluding hydrogens is 306 g/mol. The predicted octanol–water partition coefficient (Wildman–Crippen LogP) is 4.49. The molecule has 3 atom stereocenters. The molecule has 0 aromatic heterocycles. The fourth-order valence-corrected chi connectivity index (χ4v) is 3.66. The summed E-state index contributed by atoms with van der Waals surface area (Å²) < 4.78 is 5.82. The van der Waals surface area contributed by atoms with Gasteiger partial charge in [0.15, 0.2) is 0 Å². The molecule has 1 aromatic rings. The fraction of sp³-hybridized carbons (Fsp3) is 0.700. The molecule has 23 heavy (non-hydrogen) atoms. The molecule has 1 aliphatic heterocycles. The van der Waals surface area contributed by atoms with Crippen LogP contribution in [0.1, 0.15) is 45.7 Å². The van der Waals surface area contributed by atoms with Gasteiger partial charge in [-0.15, -0.1) is 11.6 Å². The Hall–Kier alpha value is -0.570. The molecule has 0 saturated carbocycles. The molecule has 0 N–H and O–H groups in total. The van der Waals surface area contributed by atoms with Crippen molar-refractivity contribution in [1.29, 1.82) is 0 Å². The van der Waals surface area contributed by atoms with E-state index in [0.29, 0.717) is 24.0 Å². The van der Waals surface area contributed by atoms with Crippen LogP contribution in [0.15, 0.2) is 24.3 Å². The van der Waals surface area contributed by atoms with Crippen LogP contribution in [0, 0.1) is 5.92 Å². The monoisotopic (exact) mass is 337 g/mol. The number of hydrogen-bond donors (Lipinski definition) is 0. The first-order valence-corrected chi connectivity index (χ1v) is 9.37. The van der Waals surface area contributed by atoms with Crippen molar-refractivity contribution in [3.63, 3.8) is 0 Å². The normalized spacial score (nSPS) is 24.6. The van der Waals surface area contributed by atoms with Gasteiger partial charge in [-0.05, 0) is 37.3 Å². The highest BCUT2D eigenvalue weighted by Gasteiger charge is 2.23. The maximum absolute atomic E-state index is 6.07. The molecular formula is C20H32ClNO.